The number of thiazole rings is 1. The lowest BCUT2D eigenvalue weighted by atomic mass is 9.93. The molecule has 1 unspecified atom stereocenters. The van der Waals surface area contributed by atoms with Crippen LogP contribution in [0.25, 0.3) is 11.0 Å². The van der Waals surface area contributed by atoms with E-state index in [-0.39, 0.29) is 17.4 Å². The number of nitrogens with zero attached hydrogens (tertiary/aromatic N) is 2. The minimum Gasteiger partial charge on any atom is -0.345 e. The van der Waals surface area contributed by atoms with Gasteiger partial charge in [-0.15, -0.1) is 11.3 Å². The van der Waals surface area contributed by atoms with Gasteiger partial charge in [-0.2, -0.15) is 0 Å². The second-order valence-electron chi connectivity index (χ2n) is 6.62. The summed E-state index contributed by atoms with van der Waals surface area (Å²) in [5.74, 6) is -0.121. The van der Waals surface area contributed by atoms with Crippen LogP contribution < -0.4 is 5.32 Å². The van der Waals surface area contributed by atoms with E-state index in [4.69, 9.17) is 0 Å². The molecule has 0 aliphatic carbocycles. The fourth-order valence-electron chi connectivity index (χ4n) is 2.31. The number of aromatic amines is 1. The number of nitrogens with one attached hydrogen (secondary N) is 2. The van der Waals surface area contributed by atoms with Crippen molar-refractivity contribution in [2.45, 2.75) is 39.2 Å². The van der Waals surface area contributed by atoms with Gasteiger partial charge < -0.3 is 10.3 Å². The first kappa shape index (κ1) is 15.7. The van der Waals surface area contributed by atoms with E-state index in [0.717, 1.165) is 21.7 Å². The number of fused-ring (bicyclic) bond motifs is 1. The first-order chi connectivity index (χ1) is 10.9. The van der Waals surface area contributed by atoms with E-state index >= 15 is 0 Å². The van der Waals surface area contributed by atoms with Crippen LogP contribution in [0.2, 0.25) is 0 Å². The van der Waals surface area contributed by atoms with Crippen molar-refractivity contribution in [3.05, 3.63) is 46.2 Å². The van der Waals surface area contributed by atoms with Crippen LogP contribution in [0.1, 0.15) is 54.8 Å². The van der Waals surface area contributed by atoms with Crippen LogP contribution in [-0.4, -0.2) is 20.9 Å². The maximum Gasteiger partial charge on any atom is 0.254 e. The molecule has 3 aromatic heterocycles. The van der Waals surface area contributed by atoms with Gasteiger partial charge in [-0.3, -0.25) is 4.79 Å². The van der Waals surface area contributed by atoms with Crippen LogP contribution in [0.3, 0.4) is 0 Å². The van der Waals surface area contributed by atoms with Gasteiger partial charge in [0, 0.05) is 28.6 Å². The average Bonchev–Trinajstić information content (AvgIpc) is 3.14. The van der Waals surface area contributed by atoms with Gasteiger partial charge in [-0.25, -0.2) is 9.97 Å². The van der Waals surface area contributed by atoms with Gasteiger partial charge in [0.15, 0.2) is 0 Å². The fraction of sp³-hybridized carbons (Fsp3) is 0.353. The molecule has 0 saturated heterocycles. The van der Waals surface area contributed by atoms with Gasteiger partial charge in [0.25, 0.3) is 5.91 Å². The Labute approximate surface area is 139 Å². The third kappa shape index (κ3) is 3.12. The molecule has 120 valence electrons. The van der Waals surface area contributed by atoms with E-state index in [0.29, 0.717) is 5.56 Å². The standard InChI is InChI=1S/C17H20N4OS/c1-10(16-21-13(9-23-16)17(2,3)4)20-15(22)12-8-19-14-11(12)6-5-7-18-14/h5-10H,1-4H3,(H,18,19)(H,20,22). The summed E-state index contributed by atoms with van der Waals surface area (Å²) >= 11 is 1.58. The smallest absolute Gasteiger partial charge is 0.254 e. The largest absolute Gasteiger partial charge is 0.345 e. The molecule has 0 aliphatic rings. The van der Waals surface area contributed by atoms with Crippen molar-refractivity contribution in [2.24, 2.45) is 0 Å². The predicted octanol–water partition coefficient (Wildman–Crippen LogP) is 3.81. The summed E-state index contributed by atoms with van der Waals surface area (Å²) in [5, 5.41) is 6.82. The summed E-state index contributed by atoms with van der Waals surface area (Å²) in [5.41, 5.74) is 2.39. The predicted molar refractivity (Wildman–Crippen MR) is 92.8 cm³/mol. The number of aromatic nitrogens is 3. The van der Waals surface area contributed by atoms with Crippen molar-refractivity contribution in [1.82, 2.24) is 20.3 Å². The molecule has 0 spiro atoms. The summed E-state index contributed by atoms with van der Waals surface area (Å²) < 4.78 is 0. The number of carbonyl (C=O) groups excluding carboxylic acids is 1. The van der Waals surface area contributed by atoms with Crippen LogP contribution in [0.15, 0.2) is 29.9 Å². The quantitative estimate of drug-likeness (QED) is 0.768. The number of H-pyrrole nitrogens is 1. The second-order valence-corrected chi connectivity index (χ2v) is 7.51. The molecule has 0 aromatic carbocycles. The van der Waals surface area contributed by atoms with E-state index in [1.807, 2.05) is 19.1 Å². The minimum absolute atomic E-state index is 0.0149. The van der Waals surface area contributed by atoms with Crippen molar-refractivity contribution in [3.8, 4) is 0 Å². The highest BCUT2D eigenvalue weighted by molar-refractivity contribution is 7.09. The van der Waals surface area contributed by atoms with Crippen molar-refractivity contribution >= 4 is 28.3 Å². The Hall–Kier alpha value is -2.21. The number of pyridine rings is 1. The summed E-state index contributed by atoms with van der Waals surface area (Å²) in [6.45, 7) is 8.35. The molecule has 6 heteroatoms. The first-order valence-corrected chi connectivity index (χ1v) is 8.43. The first-order valence-electron chi connectivity index (χ1n) is 7.55. The highest BCUT2D eigenvalue weighted by Gasteiger charge is 2.21. The van der Waals surface area contributed by atoms with Gasteiger partial charge in [0.05, 0.1) is 17.3 Å². The molecule has 0 radical (unpaired) electrons. The van der Waals surface area contributed by atoms with Crippen LogP contribution in [0.5, 0.6) is 0 Å². The Bertz CT molecular complexity index is 844. The number of hydrogen-bond donors (Lipinski definition) is 2. The molecule has 2 N–H and O–H groups in total. The Morgan fingerprint density at radius 2 is 2.17 bits per heavy atom. The monoisotopic (exact) mass is 328 g/mol. The highest BCUT2D eigenvalue weighted by Crippen LogP contribution is 2.27. The maximum atomic E-state index is 12.5. The van der Waals surface area contributed by atoms with Gasteiger partial charge in [-0.1, -0.05) is 20.8 Å². The number of amides is 1. The summed E-state index contributed by atoms with van der Waals surface area (Å²) in [4.78, 5) is 24.4. The number of hydrogen-bond acceptors (Lipinski definition) is 4. The van der Waals surface area contributed by atoms with Gasteiger partial charge >= 0.3 is 0 Å². The number of carbonyl (C=O) groups is 1. The lowest BCUT2D eigenvalue weighted by Crippen LogP contribution is -2.26. The fourth-order valence-corrected chi connectivity index (χ4v) is 3.36. The molecule has 5 nitrogen and oxygen atoms in total. The van der Waals surface area contributed by atoms with Crippen molar-refractivity contribution in [3.63, 3.8) is 0 Å². The second kappa shape index (κ2) is 5.77. The summed E-state index contributed by atoms with van der Waals surface area (Å²) in [6, 6.07) is 3.58. The highest BCUT2D eigenvalue weighted by atomic mass is 32.1. The van der Waals surface area contributed by atoms with E-state index in [1.165, 1.54) is 0 Å². The Morgan fingerprint density at radius 1 is 1.39 bits per heavy atom. The third-order valence-corrected chi connectivity index (χ3v) is 4.73. The van der Waals surface area contributed by atoms with Crippen LogP contribution >= 0.6 is 11.3 Å². The Balaban J connectivity index is 1.78. The molecule has 1 atom stereocenters. The molecular weight excluding hydrogens is 308 g/mol. The molecule has 0 aliphatic heterocycles. The van der Waals surface area contributed by atoms with E-state index in [1.54, 1.807) is 23.7 Å². The molecule has 23 heavy (non-hydrogen) atoms. The van der Waals surface area contributed by atoms with Gasteiger partial charge in [-0.05, 0) is 19.1 Å². The van der Waals surface area contributed by atoms with E-state index in [2.05, 4.69) is 46.4 Å². The van der Waals surface area contributed by atoms with Crippen molar-refractivity contribution in [2.75, 3.05) is 0 Å². The molecule has 0 saturated carbocycles. The lowest BCUT2D eigenvalue weighted by molar-refractivity contribution is 0.0941. The maximum absolute atomic E-state index is 12.5. The minimum atomic E-state index is -0.134. The zero-order valence-corrected chi connectivity index (χ0v) is 14.5. The molecule has 3 rings (SSSR count). The van der Waals surface area contributed by atoms with Crippen molar-refractivity contribution < 1.29 is 4.79 Å². The third-order valence-electron chi connectivity index (χ3n) is 3.70. The van der Waals surface area contributed by atoms with Crippen LogP contribution in [-0.2, 0) is 5.41 Å². The molecule has 0 fully saturated rings. The SMILES string of the molecule is CC(NC(=O)c1c[nH]c2ncccc12)c1nc(C(C)(C)C)cs1. The normalized spacial score (nSPS) is 13.2. The van der Waals surface area contributed by atoms with Gasteiger partial charge in [0.1, 0.15) is 10.7 Å². The Morgan fingerprint density at radius 3 is 2.87 bits per heavy atom. The number of rotatable bonds is 3. The van der Waals surface area contributed by atoms with Gasteiger partial charge in [0.2, 0.25) is 0 Å². The van der Waals surface area contributed by atoms with E-state index < -0.39 is 0 Å². The lowest BCUT2D eigenvalue weighted by Gasteiger charge is -2.15. The zero-order chi connectivity index (χ0) is 16.6. The van der Waals surface area contributed by atoms with Crippen LogP contribution in [0, 0.1) is 0 Å². The van der Waals surface area contributed by atoms with E-state index in [9.17, 15) is 4.79 Å². The zero-order valence-electron chi connectivity index (χ0n) is 13.7. The Kier molecular flexibility index (Phi) is 3.93. The summed E-state index contributed by atoms with van der Waals surface area (Å²) in [7, 11) is 0. The van der Waals surface area contributed by atoms with Crippen molar-refractivity contribution in [1.29, 1.82) is 0 Å². The molecule has 0 bridgehead atoms. The van der Waals surface area contributed by atoms with Crippen LogP contribution in [0.4, 0.5) is 0 Å². The average molecular weight is 328 g/mol. The molecule has 1 amide bonds. The molecular formula is C17H20N4OS. The molecule has 3 heterocycles. The molecule has 3 aromatic rings. The summed E-state index contributed by atoms with van der Waals surface area (Å²) in [6.07, 6.45) is 3.40. The topological polar surface area (TPSA) is 70.7 Å².